The van der Waals surface area contributed by atoms with Crippen LogP contribution in [0, 0.1) is 18.8 Å². The van der Waals surface area contributed by atoms with Gasteiger partial charge in [-0.3, -0.25) is 4.90 Å². The summed E-state index contributed by atoms with van der Waals surface area (Å²) in [6, 6.07) is 4.90. The molecule has 2 heterocycles. The molecule has 1 saturated heterocycles. The molecule has 0 saturated carbocycles. The molecule has 96 valence electrons. The summed E-state index contributed by atoms with van der Waals surface area (Å²) in [6.07, 6.45) is 1.33. The van der Waals surface area contributed by atoms with Crippen molar-refractivity contribution in [3.63, 3.8) is 0 Å². The van der Waals surface area contributed by atoms with E-state index in [9.17, 15) is 0 Å². The Hall–Kier alpha value is -0.380. The van der Waals surface area contributed by atoms with Crippen molar-refractivity contribution < 1.29 is 0 Å². The molecule has 3 heteroatoms. The summed E-state index contributed by atoms with van der Waals surface area (Å²) >= 11 is 1.90. The summed E-state index contributed by atoms with van der Waals surface area (Å²) in [6.45, 7) is 10.0. The number of likely N-dealkylation sites (tertiary alicyclic amines) is 1. The van der Waals surface area contributed by atoms with Gasteiger partial charge in [-0.15, -0.1) is 11.3 Å². The molecule has 0 amide bonds. The smallest absolute Gasteiger partial charge is 0.0564 e. The van der Waals surface area contributed by atoms with E-state index in [0.717, 1.165) is 18.4 Å². The highest BCUT2D eigenvalue weighted by Gasteiger charge is 2.30. The number of nitrogens with zero attached hydrogens (tertiary/aromatic N) is 1. The lowest BCUT2D eigenvalue weighted by Gasteiger charge is -2.26. The second-order valence-electron chi connectivity index (χ2n) is 5.49. The Bertz CT molecular complexity index is 359. The number of rotatable bonds is 4. The predicted molar refractivity (Wildman–Crippen MR) is 75.4 cm³/mol. The van der Waals surface area contributed by atoms with Crippen molar-refractivity contribution in [3.05, 3.63) is 21.9 Å². The van der Waals surface area contributed by atoms with Crippen LogP contribution in [0.15, 0.2) is 12.1 Å². The topological polar surface area (TPSA) is 29.3 Å². The van der Waals surface area contributed by atoms with Crippen LogP contribution in [-0.2, 0) is 0 Å². The SMILES string of the molecule is Cc1ccc(C(CN)N2CCC(C(C)C)C2)s1. The van der Waals surface area contributed by atoms with Gasteiger partial charge in [0.25, 0.3) is 0 Å². The number of hydrogen-bond donors (Lipinski definition) is 1. The van der Waals surface area contributed by atoms with Gasteiger partial charge in [-0.25, -0.2) is 0 Å². The Balaban J connectivity index is 2.05. The maximum absolute atomic E-state index is 5.98. The first kappa shape index (κ1) is 13.1. The molecule has 1 aromatic rings. The molecule has 1 aromatic heterocycles. The molecule has 0 aliphatic carbocycles. The largest absolute Gasteiger partial charge is 0.329 e. The lowest BCUT2D eigenvalue weighted by molar-refractivity contribution is 0.235. The van der Waals surface area contributed by atoms with Gasteiger partial charge in [0.05, 0.1) is 6.04 Å². The van der Waals surface area contributed by atoms with Crippen molar-refractivity contribution in [3.8, 4) is 0 Å². The highest BCUT2D eigenvalue weighted by atomic mass is 32.1. The fraction of sp³-hybridized carbons (Fsp3) is 0.714. The minimum absolute atomic E-state index is 0.442. The van der Waals surface area contributed by atoms with E-state index in [-0.39, 0.29) is 0 Å². The fourth-order valence-electron chi connectivity index (χ4n) is 2.72. The summed E-state index contributed by atoms with van der Waals surface area (Å²) in [5, 5.41) is 0. The van der Waals surface area contributed by atoms with E-state index in [1.54, 1.807) is 0 Å². The Labute approximate surface area is 109 Å². The molecular formula is C14H24N2S. The molecular weight excluding hydrogens is 228 g/mol. The van der Waals surface area contributed by atoms with Gasteiger partial charge in [0.1, 0.15) is 0 Å². The minimum Gasteiger partial charge on any atom is -0.329 e. The third kappa shape index (κ3) is 2.90. The van der Waals surface area contributed by atoms with E-state index >= 15 is 0 Å². The summed E-state index contributed by atoms with van der Waals surface area (Å²) < 4.78 is 0. The van der Waals surface area contributed by atoms with Gasteiger partial charge in [-0.2, -0.15) is 0 Å². The molecule has 0 aromatic carbocycles. The third-order valence-corrected chi connectivity index (χ3v) is 5.05. The predicted octanol–water partition coefficient (Wildman–Crippen LogP) is 3.03. The van der Waals surface area contributed by atoms with Crippen molar-refractivity contribution in [1.82, 2.24) is 4.90 Å². The van der Waals surface area contributed by atoms with Crippen LogP contribution in [0.3, 0.4) is 0 Å². The van der Waals surface area contributed by atoms with Crippen LogP contribution in [-0.4, -0.2) is 24.5 Å². The molecule has 2 nitrogen and oxygen atoms in total. The van der Waals surface area contributed by atoms with Gasteiger partial charge in [0.15, 0.2) is 0 Å². The standard InChI is InChI=1S/C14H24N2S/c1-10(2)12-6-7-16(9-12)13(8-15)14-5-4-11(3)17-14/h4-5,10,12-13H,6-9,15H2,1-3H3. The van der Waals surface area contributed by atoms with Crippen LogP contribution in [0.1, 0.15) is 36.1 Å². The van der Waals surface area contributed by atoms with Gasteiger partial charge < -0.3 is 5.73 Å². The Morgan fingerprint density at radius 1 is 1.47 bits per heavy atom. The summed E-state index contributed by atoms with van der Waals surface area (Å²) in [4.78, 5) is 5.41. The second-order valence-corrected chi connectivity index (χ2v) is 6.81. The van der Waals surface area contributed by atoms with E-state index in [4.69, 9.17) is 5.73 Å². The molecule has 0 spiro atoms. The van der Waals surface area contributed by atoms with Crippen molar-refractivity contribution >= 4 is 11.3 Å². The van der Waals surface area contributed by atoms with Crippen molar-refractivity contribution in [1.29, 1.82) is 0 Å². The van der Waals surface area contributed by atoms with Crippen LogP contribution in [0.25, 0.3) is 0 Å². The normalized spacial score (nSPS) is 23.5. The maximum atomic E-state index is 5.98. The van der Waals surface area contributed by atoms with Crippen LogP contribution in [0.5, 0.6) is 0 Å². The fourth-order valence-corrected chi connectivity index (χ4v) is 3.75. The molecule has 2 N–H and O–H groups in total. The minimum atomic E-state index is 0.442. The first-order valence-corrected chi connectivity index (χ1v) is 7.44. The molecule has 2 unspecified atom stereocenters. The van der Waals surface area contributed by atoms with Gasteiger partial charge >= 0.3 is 0 Å². The van der Waals surface area contributed by atoms with Crippen LogP contribution >= 0.6 is 11.3 Å². The number of hydrogen-bond acceptors (Lipinski definition) is 3. The van der Waals surface area contributed by atoms with Gasteiger partial charge in [-0.05, 0) is 43.9 Å². The number of aryl methyl sites for hydroxylation is 1. The summed E-state index contributed by atoms with van der Waals surface area (Å²) in [5.74, 6) is 1.65. The quantitative estimate of drug-likeness (QED) is 0.892. The average molecular weight is 252 g/mol. The van der Waals surface area contributed by atoms with Crippen LogP contribution in [0.4, 0.5) is 0 Å². The molecule has 0 radical (unpaired) electrons. The zero-order chi connectivity index (χ0) is 12.4. The van der Waals surface area contributed by atoms with Crippen LogP contribution in [0.2, 0.25) is 0 Å². The second kappa shape index (κ2) is 5.51. The van der Waals surface area contributed by atoms with Crippen molar-refractivity contribution in [2.45, 2.75) is 33.2 Å². The highest BCUT2D eigenvalue weighted by molar-refractivity contribution is 7.12. The highest BCUT2D eigenvalue weighted by Crippen LogP contribution is 2.33. The van der Waals surface area contributed by atoms with Gasteiger partial charge in [-0.1, -0.05) is 13.8 Å². The Morgan fingerprint density at radius 3 is 2.71 bits per heavy atom. The first-order valence-electron chi connectivity index (χ1n) is 6.62. The molecule has 1 aliphatic heterocycles. The zero-order valence-electron chi connectivity index (χ0n) is 11.1. The third-order valence-electron chi connectivity index (χ3n) is 3.95. The zero-order valence-corrected chi connectivity index (χ0v) is 12.0. The van der Waals surface area contributed by atoms with Crippen molar-refractivity contribution in [2.24, 2.45) is 17.6 Å². The molecule has 2 rings (SSSR count). The van der Waals surface area contributed by atoms with Crippen molar-refractivity contribution in [2.75, 3.05) is 19.6 Å². The molecule has 1 aliphatic rings. The van der Waals surface area contributed by atoms with E-state index in [0.29, 0.717) is 6.04 Å². The molecule has 17 heavy (non-hydrogen) atoms. The average Bonchev–Trinajstić information content (AvgIpc) is 2.89. The van der Waals surface area contributed by atoms with E-state index in [2.05, 4.69) is 37.8 Å². The van der Waals surface area contributed by atoms with E-state index < -0.39 is 0 Å². The number of nitrogens with two attached hydrogens (primary N) is 1. The van der Waals surface area contributed by atoms with Gasteiger partial charge in [0.2, 0.25) is 0 Å². The molecule has 1 fully saturated rings. The Kier molecular flexibility index (Phi) is 4.23. The van der Waals surface area contributed by atoms with Crippen LogP contribution < -0.4 is 5.73 Å². The summed E-state index contributed by atoms with van der Waals surface area (Å²) in [7, 11) is 0. The molecule has 2 atom stereocenters. The maximum Gasteiger partial charge on any atom is 0.0564 e. The first-order chi connectivity index (χ1) is 8.11. The number of thiophene rings is 1. The lowest BCUT2D eigenvalue weighted by atomic mass is 9.95. The summed E-state index contributed by atoms with van der Waals surface area (Å²) in [5.41, 5.74) is 5.98. The van der Waals surface area contributed by atoms with E-state index in [1.807, 2.05) is 11.3 Å². The lowest BCUT2D eigenvalue weighted by Crippen LogP contribution is -2.32. The molecule has 0 bridgehead atoms. The Morgan fingerprint density at radius 2 is 2.24 bits per heavy atom. The van der Waals surface area contributed by atoms with Gasteiger partial charge in [0, 0.05) is 22.8 Å². The monoisotopic (exact) mass is 252 g/mol. The van der Waals surface area contributed by atoms with E-state index in [1.165, 1.54) is 29.3 Å².